The molecular formula is C23H28N2O. The van der Waals surface area contributed by atoms with Crippen molar-refractivity contribution in [1.29, 1.82) is 0 Å². The van der Waals surface area contributed by atoms with Gasteiger partial charge in [0.2, 0.25) is 5.91 Å². The third-order valence-electron chi connectivity index (χ3n) is 7.93. The first kappa shape index (κ1) is 15.3. The van der Waals surface area contributed by atoms with Crippen LogP contribution in [0, 0.1) is 23.2 Å². The van der Waals surface area contributed by atoms with Crippen LogP contribution in [0.5, 0.6) is 0 Å². The van der Waals surface area contributed by atoms with Crippen LogP contribution >= 0.6 is 0 Å². The van der Waals surface area contributed by atoms with Crippen molar-refractivity contribution in [3.05, 3.63) is 35.5 Å². The number of hydrogen-bond acceptors (Lipinski definition) is 1. The van der Waals surface area contributed by atoms with Crippen LogP contribution < -0.4 is 0 Å². The Morgan fingerprint density at radius 2 is 1.77 bits per heavy atom. The molecule has 1 N–H and O–H groups in total. The Balaban J connectivity index is 1.23. The molecule has 2 aromatic rings. The molecule has 4 bridgehead atoms. The summed E-state index contributed by atoms with van der Waals surface area (Å²) < 4.78 is 0. The van der Waals surface area contributed by atoms with Crippen LogP contribution in [-0.4, -0.2) is 22.3 Å². The Morgan fingerprint density at radius 3 is 2.50 bits per heavy atom. The van der Waals surface area contributed by atoms with Crippen molar-refractivity contribution in [2.24, 2.45) is 23.2 Å². The van der Waals surface area contributed by atoms with Gasteiger partial charge in [-0.05, 0) is 67.8 Å². The highest BCUT2D eigenvalue weighted by molar-refractivity contribution is 5.86. The number of carbonyl (C=O) groups is 1. The molecule has 0 spiro atoms. The number of amides is 1. The molecule has 7 rings (SSSR count). The summed E-state index contributed by atoms with van der Waals surface area (Å²) in [4.78, 5) is 19.0. The van der Waals surface area contributed by atoms with Gasteiger partial charge >= 0.3 is 0 Å². The van der Waals surface area contributed by atoms with E-state index in [0.29, 0.717) is 11.3 Å². The van der Waals surface area contributed by atoms with E-state index < -0.39 is 0 Å². The first-order chi connectivity index (χ1) is 12.7. The highest BCUT2D eigenvalue weighted by Crippen LogP contribution is 2.61. The predicted molar refractivity (Wildman–Crippen MR) is 103 cm³/mol. The number of fused-ring (bicyclic) bond motifs is 3. The maximum absolute atomic E-state index is 13.3. The van der Waals surface area contributed by atoms with Gasteiger partial charge in [0.1, 0.15) is 0 Å². The molecule has 4 fully saturated rings. The lowest BCUT2D eigenvalue weighted by atomic mass is 9.49. The van der Waals surface area contributed by atoms with Gasteiger partial charge in [0.25, 0.3) is 0 Å². The normalized spacial score (nSPS) is 35.1. The van der Waals surface area contributed by atoms with Crippen LogP contribution in [0.3, 0.4) is 0 Å². The van der Waals surface area contributed by atoms with Crippen molar-refractivity contribution >= 4 is 16.8 Å². The fourth-order valence-electron chi connectivity index (χ4n) is 7.32. The van der Waals surface area contributed by atoms with Gasteiger partial charge in [0.05, 0.1) is 0 Å². The van der Waals surface area contributed by atoms with E-state index in [2.05, 4.69) is 34.1 Å². The van der Waals surface area contributed by atoms with Crippen LogP contribution in [0.2, 0.25) is 0 Å². The summed E-state index contributed by atoms with van der Waals surface area (Å²) in [5.74, 6) is 3.20. The predicted octanol–water partition coefficient (Wildman–Crippen LogP) is 4.66. The maximum atomic E-state index is 13.3. The van der Waals surface area contributed by atoms with E-state index in [-0.39, 0.29) is 0 Å². The second-order valence-corrected chi connectivity index (χ2v) is 9.79. The zero-order valence-electron chi connectivity index (χ0n) is 15.5. The largest absolute Gasteiger partial charge is 0.358 e. The molecule has 5 aliphatic rings. The zero-order chi connectivity index (χ0) is 17.3. The standard InChI is InChI=1S/C23H28N2O/c26-22(13-23-10-15-7-16(11-23)9-17(8-15)12-23)25-6-5-21-19(14-25)18-3-1-2-4-20(18)24-21/h1-4,15-17,24H,5-14H2. The zero-order valence-corrected chi connectivity index (χ0v) is 15.5. The Hall–Kier alpha value is -1.77. The van der Waals surface area contributed by atoms with E-state index in [1.54, 1.807) is 0 Å². The second kappa shape index (κ2) is 5.37. The van der Waals surface area contributed by atoms with Crippen LogP contribution in [0.1, 0.15) is 56.2 Å². The summed E-state index contributed by atoms with van der Waals surface area (Å²) >= 11 is 0. The third kappa shape index (κ3) is 2.28. The highest BCUT2D eigenvalue weighted by Gasteiger charge is 2.51. The fraction of sp³-hybridized carbons (Fsp3) is 0.609. The molecule has 2 heterocycles. The first-order valence-electron chi connectivity index (χ1n) is 10.5. The lowest BCUT2D eigenvalue weighted by molar-refractivity contribution is -0.140. The van der Waals surface area contributed by atoms with Crippen molar-refractivity contribution in [1.82, 2.24) is 9.88 Å². The lowest BCUT2D eigenvalue weighted by Crippen LogP contribution is -2.48. The Labute approximate surface area is 155 Å². The van der Waals surface area contributed by atoms with Crippen LogP contribution in [0.15, 0.2) is 24.3 Å². The first-order valence-corrected chi connectivity index (χ1v) is 10.5. The molecule has 1 aromatic carbocycles. The Morgan fingerprint density at radius 1 is 1.08 bits per heavy atom. The monoisotopic (exact) mass is 348 g/mol. The number of para-hydroxylation sites is 1. The molecule has 3 heteroatoms. The number of aromatic nitrogens is 1. The molecule has 1 amide bonds. The second-order valence-electron chi connectivity index (χ2n) is 9.79. The maximum Gasteiger partial charge on any atom is 0.223 e. The van der Waals surface area contributed by atoms with Gasteiger partial charge < -0.3 is 9.88 Å². The molecule has 4 aliphatic carbocycles. The molecule has 3 nitrogen and oxygen atoms in total. The van der Waals surface area contributed by atoms with Gasteiger partial charge in [0, 0.05) is 48.1 Å². The van der Waals surface area contributed by atoms with Gasteiger partial charge in [-0.3, -0.25) is 4.79 Å². The number of nitrogens with one attached hydrogen (secondary N) is 1. The SMILES string of the molecule is O=C(CC12CC3CC(CC(C3)C1)C2)N1CCc2[nH]c3ccccc3c2C1. The number of benzene rings is 1. The molecule has 0 unspecified atom stereocenters. The summed E-state index contributed by atoms with van der Waals surface area (Å²) in [6.45, 7) is 1.68. The number of H-pyrrole nitrogens is 1. The van der Waals surface area contributed by atoms with Gasteiger partial charge in [0.15, 0.2) is 0 Å². The minimum atomic E-state index is 0.353. The van der Waals surface area contributed by atoms with E-state index in [0.717, 1.165) is 43.7 Å². The topological polar surface area (TPSA) is 36.1 Å². The smallest absolute Gasteiger partial charge is 0.223 e. The number of nitrogens with zero attached hydrogens (tertiary/aromatic N) is 1. The average Bonchev–Trinajstić information content (AvgIpc) is 2.98. The molecule has 0 radical (unpaired) electrons. The molecule has 1 aliphatic heterocycles. The van der Waals surface area contributed by atoms with Crippen molar-refractivity contribution in [3.63, 3.8) is 0 Å². The van der Waals surface area contributed by atoms with Crippen LogP contribution in [0.25, 0.3) is 10.9 Å². The summed E-state index contributed by atoms with van der Waals surface area (Å²) in [6.07, 6.45) is 10.1. The third-order valence-corrected chi connectivity index (χ3v) is 7.93. The lowest BCUT2D eigenvalue weighted by Gasteiger charge is -2.57. The van der Waals surface area contributed by atoms with Crippen LogP contribution in [-0.2, 0) is 17.8 Å². The van der Waals surface area contributed by atoms with E-state index in [1.165, 1.54) is 60.7 Å². The highest BCUT2D eigenvalue weighted by atomic mass is 16.2. The molecule has 26 heavy (non-hydrogen) atoms. The number of aromatic amines is 1. The molecule has 0 saturated heterocycles. The van der Waals surface area contributed by atoms with Crippen LogP contribution in [0.4, 0.5) is 0 Å². The fourth-order valence-corrected chi connectivity index (χ4v) is 7.32. The Kier molecular flexibility index (Phi) is 3.16. The minimum absolute atomic E-state index is 0.353. The van der Waals surface area contributed by atoms with Crippen molar-refractivity contribution in [3.8, 4) is 0 Å². The summed E-state index contributed by atoms with van der Waals surface area (Å²) in [5, 5.41) is 1.30. The van der Waals surface area contributed by atoms with Gasteiger partial charge in [-0.15, -0.1) is 0 Å². The number of rotatable bonds is 2. The van der Waals surface area contributed by atoms with E-state index in [1.807, 2.05) is 0 Å². The van der Waals surface area contributed by atoms with Crippen molar-refractivity contribution in [2.45, 2.75) is 57.9 Å². The van der Waals surface area contributed by atoms with Gasteiger partial charge in [-0.1, -0.05) is 18.2 Å². The number of carbonyl (C=O) groups excluding carboxylic acids is 1. The molecule has 0 atom stereocenters. The van der Waals surface area contributed by atoms with E-state index in [4.69, 9.17) is 0 Å². The Bertz CT molecular complexity index is 844. The number of hydrogen-bond donors (Lipinski definition) is 1. The van der Waals surface area contributed by atoms with E-state index >= 15 is 0 Å². The average molecular weight is 348 g/mol. The molecule has 4 saturated carbocycles. The van der Waals surface area contributed by atoms with E-state index in [9.17, 15) is 4.79 Å². The van der Waals surface area contributed by atoms with Crippen molar-refractivity contribution in [2.75, 3.05) is 6.54 Å². The summed E-state index contributed by atoms with van der Waals surface area (Å²) in [5.41, 5.74) is 4.26. The summed E-state index contributed by atoms with van der Waals surface area (Å²) in [6, 6.07) is 8.53. The molecule has 136 valence electrons. The minimum Gasteiger partial charge on any atom is -0.358 e. The quantitative estimate of drug-likeness (QED) is 0.842. The molecule has 1 aromatic heterocycles. The van der Waals surface area contributed by atoms with Crippen molar-refractivity contribution < 1.29 is 4.79 Å². The molecular weight excluding hydrogens is 320 g/mol. The van der Waals surface area contributed by atoms with Gasteiger partial charge in [-0.25, -0.2) is 0 Å². The van der Waals surface area contributed by atoms with Gasteiger partial charge in [-0.2, -0.15) is 0 Å². The summed E-state index contributed by atoms with van der Waals surface area (Å²) in [7, 11) is 0.